The molecule has 0 radical (unpaired) electrons. The fourth-order valence-corrected chi connectivity index (χ4v) is 4.43. The first-order valence-corrected chi connectivity index (χ1v) is 11.3. The Kier molecular flexibility index (Phi) is 6.49. The van der Waals surface area contributed by atoms with Crippen molar-refractivity contribution in [1.29, 1.82) is 0 Å². The first-order chi connectivity index (χ1) is 13.9. The van der Waals surface area contributed by atoms with E-state index < -0.39 is 10.0 Å². The summed E-state index contributed by atoms with van der Waals surface area (Å²) < 4.78 is 27.4. The number of fused-ring (bicyclic) bond motifs is 1. The Hall–Kier alpha value is -2.93. The van der Waals surface area contributed by atoms with Crippen LogP contribution >= 0.6 is 0 Å². The van der Waals surface area contributed by atoms with Crippen molar-refractivity contribution in [3.05, 3.63) is 66.5 Å². The van der Waals surface area contributed by atoms with Crippen LogP contribution in [-0.4, -0.2) is 25.1 Å². The Morgan fingerprint density at radius 3 is 2.86 bits per heavy atom. The Morgan fingerprint density at radius 1 is 1.28 bits per heavy atom. The molecule has 1 amide bonds. The number of hydrogen-bond acceptors (Lipinski definition) is 4. The molecule has 1 heterocycles. The van der Waals surface area contributed by atoms with Crippen molar-refractivity contribution in [3.8, 4) is 11.1 Å². The predicted octanol–water partition coefficient (Wildman–Crippen LogP) is 3.88. The molecule has 2 N–H and O–H groups in total. The largest absolute Gasteiger partial charge is 0.323 e. The van der Waals surface area contributed by atoms with Crippen LogP contribution < -0.4 is 10.0 Å². The van der Waals surface area contributed by atoms with Crippen molar-refractivity contribution in [1.82, 2.24) is 9.71 Å². The smallest absolute Gasteiger partial charge is 0.247 e. The van der Waals surface area contributed by atoms with Crippen LogP contribution in [0.4, 0.5) is 5.69 Å². The molecule has 1 aliphatic rings. The molecule has 2 aromatic rings. The molecule has 0 aliphatic heterocycles. The second-order valence-corrected chi connectivity index (χ2v) is 8.77. The highest BCUT2D eigenvalue weighted by Crippen LogP contribution is 2.29. The maximum Gasteiger partial charge on any atom is 0.247 e. The highest BCUT2D eigenvalue weighted by molar-refractivity contribution is 7.89. The second kappa shape index (κ2) is 9.05. The molecule has 1 aliphatic carbocycles. The molecule has 152 valence electrons. The number of hydrogen-bond donors (Lipinski definition) is 2. The van der Waals surface area contributed by atoms with Gasteiger partial charge in [0.15, 0.2) is 0 Å². The van der Waals surface area contributed by atoms with Gasteiger partial charge in [0.1, 0.15) is 0 Å². The summed E-state index contributed by atoms with van der Waals surface area (Å²) in [6.07, 6.45) is 8.00. The van der Waals surface area contributed by atoms with Crippen molar-refractivity contribution in [3.63, 3.8) is 0 Å². The first kappa shape index (κ1) is 20.8. The van der Waals surface area contributed by atoms with Crippen LogP contribution in [0.15, 0.2) is 55.3 Å². The molecule has 0 saturated carbocycles. The van der Waals surface area contributed by atoms with Gasteiger partial charge in [-0.25, -0.2) is 8.42 Å². The van der Waals surface area contributed by atoms with Gasteiger partial charge < -0.3 is 5.32 Å². The van der Waals surface area contributed by atoms with Gasteiger partial charge in [0.05, 0.1) is 11.4 Å². The van der Waals surface area contributed by atoms with Crippen molar-refractivity contribution in [2.45, 2.75) is 32.6 Å². The monoisotopic (exact) mass is 411 g/mol. The SMILES string of the molecule is C=CC(=O)Nc1cccc(-c2cnc3c(c2)C(NS(=O)(=O)CCC)=CCCC3)c1. The van der Waals surface area contributed by atoms with Crippen LogP contribution in [0, 0.1) is 0 Å². The third-order valence-corrected chi connectivity index (χ3v) is 6.09. The van der Waals surface area contributed by atoms with Gasteiger partial charge >= 0.3 is 0 Å². The van der Waals surface area contributed by atoms with Crippen molar-refractivity contribution < 1.29 is 13.2 Å². The number of rotatable bonds is 7. The molecule has 0 fully saturated rings. The number of carbonyl (C=O) groups is 1. The number of sulfonamides is 1. The van der Waals surface area contributed by atoms with E-state index in [0.717, 1.165) is 41.6 Å². The normalized spacial score (nSPS) is 13.6. The van der Waals surface area contributed by atoms with Crippen LogP contribution in [0.5, 0.6) is 0 Å². The molecular weight excluding hydrogens is 386 g/mol. The summed E-state index contributed by atoms with van der Waals surface area (Å²) in [6.45, 7) is 5.30. The minimum Gasteiger partial charge on any atom is -0.323 e. The summed E-state index contributed by atoms with van der Waals surface area (Å²) in [7, 11) is -3.39. The third kappa shape index (κ3) is 5.32. The number of pyridine rings is 1. The molecule has 0 saturated heterocycles. The predicted molar refractivity (Wildman–Crippen MR) is 117 cm³/mol. The lowest BCUT2D eigenvalue weighted by molar-refractivity contribution is -0.111. The summed E-state index contributed by atoms with van der Waals surface area (Å²) >= 11 is 0. The fourth-order valence-electron chi connectivity index (χ4n) is 3.26. The zero-order valence-corrected chi connectivity index (χ0v) is 17.3. The minimum absolute atomic E-state index is 0.0812. The van der Waals surface area contributed by atoms with E-state index in [9.17, 15) is 13.2 Å². The number of aromatic nitrogens is 1. The maximum absolute atomic E-state index is 12.3. The maximum atomic E-state index is 12.3. The molecule has 0 unspecified atom stereocenters. The summed E-state index contributed by atoms with van der Waals surface area (Å²) in [5.41, 5.74) is 4.66. The number of aryl methyl sites for hydroxylation is 1. The van der Waals surface area contributed by atoms with Gasteiger partial charge in [-0.05, 0) is 55.5 Å². The van der Waals surface area contributed by atoms with Crippen LogP contribution in [-0.2, 0) is 21.2 Å². The third-order valence-electron chi connectivity index (χ3n) is 4.61. The first-order valence-electron chi connectivity index (χ1n) is 9.65. The number of anilines is 1. The lowest BCUT2D eigenvalue weighted by atomic mass is 10.0. The zero-order chi connectivity index (χ0) is 20.9. The quantitative estimate of drug-likeness (QED) is 0.677. The van der Waals surface area contributed by atoms with Crippen LogP contribution in [0.1, 0.15) is 37.4 Å². The summed E-state index contributed by atoms with van der Waals surface area (Å²) in [6, 6.07) is 9.38. The number of amides is 1. The molecule has 3 rings (SSSR count). The molecule has 0 bridgehead atoms. The van der Waals surface area contributed by atoms with E-state index in [-0.39, 0.29) is 11.7 Å². The summed E-state index contributed by atoms with van der Waals surface area (Å²) in [5.74, 6) is -0.199. The Balaban J connectivity index is 1.98. The number of nitrogens with one attached hydrogen (secondary N) is 2. The van der Waals surface area contributed by atoms with Gasteiger partial charge in [0, 0.05) is 28.7 Å². The van der Waals surface area contributed by atoms with Crippen LogP contribution in [0.3, 0.4) is 0 Å². The Bertz CT molecular complexity index is 1060. The van der Waals surface area contributed by atoms with Crippen molar-refractivity contribution in [2.75, 3.05) is 11.1 Å². The van der Waals surface area contributed by atoms with Gasteiger partial charge in [-0.15, -0.1) is 0 Å². The standard InChI is InChI=1S/C22H25N3O3S/c1-3-12-29(27,28)25-21-11-6-5-10-20-19(21)14-17(15-23-20)16-8-7-9-18(13-16)24-22(26)4-2/h4,7-9,11,13-15,25H,2-3,5-6,10,12H2,1H3,(H,24,26). The van der Waals surface area contributed by atoms with Crippen LogP contribution in [0.25, 0.3) is 16.8 Å². The highest BCUT2D eigenvalue weighted by Gasteiger charge is 2.18. The fraction of sp³-hybridized carbons (Fsp3) is 0.273. The van der Waals surface area contributed by atoms with E-state index in [4.69, 9.17) is 0 Å². The van der Waals surface area contributed by atoms with Crippen molar-refractivity contribution >= 4 is 27.3 Å². The minimum atomic E-state index is -3.39. The summed E-state index contributed by atoms with van der Waals surface area (Å²) in [4.78, 5) is 16.2. The molecule has 7 heteroatoms. The van der Waals surface area contributed by atoms with E-state index in [2.05, 4.69) is 21.6 Å². The summed E-state index contributed by atoms with van der Waals surface area (Å²) in [5, 5.41) is 2.75. The van der Waals surface area contributed by atoms with Crippen molar-refractivity contribution in [2.24, 2.45) is 0 Å². The average molecular weight is 412 g/mol. The van der Waals surface area contributed by atoms with E-state index in [1.54, 1.807) is 12.3 Å². The van der Waals surface area contributed by atoms with E-state index >= 15 is 0 Å². The lowest BCUT2D eigenvalue weighted by Crippen LogP contribution is -2.25. The Morgan fingerprint density at radius 2 is 2.10 bits per heavy atom. The average Bonchev–Trinajstić information content (AvgIpc) is 2.89. The number of carbonyl (C=O) groups excluding carboxylic acids is 1. The molecule has 1 aromatic carbocycles. The molecular formula is C22H25N3O3S. The van der Waals surface area contributed by atoms with E-state index in [1.807, 2.05) is 37.3 Å². The highest BCUT2D eigenvalue weighted by atomic mass is 32.2. The van der Waals surface area contributed by atoms with E-state index in [1.165, 1.54) is 6.08 Å². The van der Waals surface area contributed by atoms with Gasteiger partial charge in [-0.2, -0.15) is 0 Å². The van der Waals surface area contributed by atoms with Crippen LogP contribution in [0.2, 0.25) is 0 Å². The van der Waals surface area contributed by atoms with E-state index in [0.29, 0.717) is 17.8 Å². The zero-order valence-electron chi connectivity index (χ0n) is 16.4. The molecule has 0 atom stereocenters. The van der Waals surface area contributed by atoms with Gasteiger partial charge in [0.2, 0.25) is 15.9 Å². The molecule has 0 spiro atoms. The molecule has 29 heavy (non-hydrogen) atoms. The number of nitrogens with zero attached hydrogens (tertiary/aromatic N) is 1. The van der Waals surface area contributed by atoms with Gasteiger partial charge in [0.25, 0.3) is 0 Å². The van der Waals surface area contributed by atoms with Gasteiger partial charge in [-0.3, -0.25) is 14.5 Å². The Labute approximate surface area is 171 Å². The topological polar surface area (TPSA) is 88.2 Å². The molecule has 1 aromatic heterocycles. The molecule has 6 nitrogen and oxygen atoms in total. The number of allylic oxidation sites excluding steroid dienone is 1. The second-order valence-electron chi connectivity index (χ2n) is 6.92. The lowest BCUT2D eigenvalue weighted by Gasteiger charge is -2.15. The van der Waals surface area contributed by atoms with Gasteiger partial charge in [-0.1, -0.05) is 31.7 Å². The number of benzene rings is 1.